The monoisotopic (exact) mass is 282 g/mol. The molecule has 0 aliphatic carbocycles. The molecule has 1 aliphatic rings. The van der Waals surface area contributed by atoms with Gasteiger partial charge in [0.05, 0.1) is 5.54 Å². The Morgan fingerprint density at radius 2 is 2.05 bits per heavy atom. The minimum absolute atomic E-state index is 0. The molecule has 0 aromatic heterocycles. The molecule has 1 saturated heterocycles. The number of hydrogen-bond donors (Lipinski definition) is 2. The Morgan fingerprint density at radius 3 is 2.68 bits per heavy atom. The number of carbonyl (C=O) groups excluding carboxylic acids is 1. The van der Waals surface area contributed by atoms with Gasteiger partial charge in [0.1, 0.15) is 0 Å². The molecule has 0 bridgehead atoms. The van der Waals surface area contributed by atoms with Gasteiger partial charge in [-0.25, -0.2) is 0 Å². The van der Waals surface area contributed by atoms with Gasteiger partial charge in [-0.2, -0.15) is 0 Å². The topological polar surface area (TPSA) is 41.1 Å². The molecule has 1 heterocycles. The Balaban J connectivity index is 0.00000180. The van der Waals surface area contributed by atoms with Gasteiger partial charge in [-0.3, -0.25) is 4.79 Å². The molecule has 0 spiro atoms. The summed E-state index contributed by atoms with van der Waals surface area (Å²) in [7, 11) is 0. The van der Waals surface area contributed by atoms with Gasteiger partial charge in [0.25, 0.3) is 0 Å². The second-order valence-electron chi connectivity index (χ2n) is 5.49. The molecule has 2 N–H and O–H groups in total. The lowest BCUT2D eigenvalue weighted by Gasteiger charge is -2.33. The van der Waals surface area contributed by atoms with E-state index in [1.165, 1.54) is 0 Å². The largest absolute Gasteiger partial charge is 0.324 e. The summed E-state index contributed by atoms with van der Waals surface area (Å²) in [5, 5.41) is 6.40. The molecule has 19 heavy (non-hydrogen) atoms. The first-order valence-electron chi connectivity index (χ1n) is 6.65. The van der Waals surface area contributed by atoms with Gasteiger partial charge in [0, 0.05) is 5.69 Å². The molecule has 1 fully saturated rings. The average Bonchev–Trinajstić information content (AvgIpc) is 2.35. The minimum Gasteiger partial charge on any atom is -0.324 e. The first-order chi connectivity index (χ1) is 8.51. The SMILES string of the molecule is Cc1ccc(C)c(NC(=O)C2(C)CCCCN2)c1.Cl. The van der Waals surface area contributed by atoms with Gasteiger partial charge in [-0.05, 0) is 63.8 Å². The minimum atomic E-state index is -0.422. The van der Waals surface area contributed by atoms with E-state index in [0.717, 1.165) is 42.6 Å². The van der Waals surface area contributed by atoms with Gasteiger partial charge in [0.2, 0.25) is 5.91 Å². The zero-order valence-corrected chi connectivity index (χ0v) is 12.7. The summed E-state index contributed by atoms with van der Waals surface area (Å²) >= 11 is 0. The normalized spacial score (nSPS) is 22.5. The van der Waals surface area contributed by atoms with E-state index >= 15 is 0 Å². The fourth-order valence-electron chi connectivity index (χ4n) is 2.38. The maximum Gasteiger partial charge on any atom is 0.244 e. The number of benzene rings is 1. The quantitative estimate of drug-likeness (QED) is 0.875. The summed E-state index contributed by atoms with van der Waals surface area (Å²) in [5.41, 5.74) is 2.77. The average molecular weight is 283 g/mol. The van der Waals surface area contributed by atoms with Crippen molar-refractivity contribution < 1.29 is 4.79 Å². The molecule has 0 saturated carbocycles. The summed E-state index contributed by atoms with van der Waals surface area (Å²) < 4.78 is 0. The number of halogens is 1. The Kier molecular flexibility index (Phi) is 5.39. The summed E-state index contributed by atoms with van der Waals surface area (Å²) in [6.45, 7) is 6.98. The van der Waals surface area contributed by atoms with Crippen LogP contribution in [0.5, 0.6) is 0 Å². The van der Waals surface area contributed by atoms with Crippen LogP contribution in [0.3, 0.4) is 0 Å². The van der Waals surface area contributed by atoms with Crippen molar-refractivity contribution in [1.82, 2.24) is 5.32 Å². The zero-order chi connectivity index (χ0) is 13.2. The number of nitrogens with one attached hydrogen (secondary N) is 2. The van der Waals surface area contributed by atoms with E-state index in [4.69, 9.17) is 0 Å². The number of piperidine rings is 1. The predicted molar refractivity (Wildman–Crippen MR) is 82.1 cm³/mol. The molecule has 1 aromatic carbocycles. The van der Waals surface area contributed by atoms with Crippen LogP contribution in [-0.4, -0.2) is 18.0 Å². The highest BCUT2D eigenvalue weighted by Crippen LogP contribution is 2.23. The van der Waals surface area contributed by atoms with E-state index in [1.807, 2.05) is 32.9 Å². The van der Waals surface area contributed by atoms with E-state index in [0.29, 0.717) is 0 Å². The van der Waals surface area contributed by atoms with Gasteiger partial charge >= 0.3 is 0 Å². The molecule has 1 amide bonds. The molecule has 4 heteroatoms. The van der Waals surface area contributed by atoms with Crippen LogP contribution in [0.25, 0.3) is 0 Å². The van der Waals surface area contributed by atoms with Gasteiger partial charge in [0.15, 0.2) is 0 Å². The number of rotatable bonds is 2. The highest BCUT2D eigenvalue weighted by Gasteiger charge is 2.34. The Morgan fingerprint density at radius 1 is 1.32 bits per heavy atom. The van der Waals surface area contributed by atoms with Crippen LogP contribution in [-0.2, 0) is 4.79 Å². The van der Waals surface area contributed by atoms with Crippen LogP contribution >= 0.6 is 12.4 Å². The first-order valence-corrected chi connectivity index (χ1v) is 6.65. The summed E-state index contributed by atoms with van der Waals surface area (Å²) in [6.07, 6.45) is 3.18. The molecule has 1 atom stereocenters. The van der Waals surface area contributed by atoms with E-state index in [-0.39, 0.29) is 18.3 Å². The highest BCUT2D eigenvalue weighted by atomic mass is 35.5. The van der Waals surface area contributed by atoms with Crippen LogP contribution < -0.4 is 10.6 Å². The maximum absolute atomic E-state index is 12.4. The Labute approximate surface area is 121 Å². The van der Waals surface area contributed by atoms with Crippen molar-refractivity contribution in [3.05, 3.63) is 29.3 Å². The van der Waals surface area contributed by atoms with Crippen molar-refractivity contribution in [3.63, 3.8) is 0 Å². The van der Waals surface area contributed by atoms with E-state index < -0.39 is 5.54 Å². The standard InChI is InChI=1S/C15H22N2O.ClH/c1-11-6-7-12(2)13(10-11)17-14(18)15(3)8-4-5-9-16-15;/h6-7,10,16H,4-5,8-9H2,1-3H3,(H,17,18);1H. The van der Waals surface area contributed by atoms with Gasteiger partial charge in [-0.1, -0.05) is 12.1 Å². The van der Waals surface area contributed by atoms with Crippen LogP contribution in [0.1, 0.15) is 37.3 Å². The van der Waals surface area contributed by atoms with Gasteiger partial charge in [-0.15, -0.1) is 12.4 Å². The summed E-state index contributed by atoms with van der Waals surface area (Å²) in [6, 6.07) is 6.13. The van der Waals surface area contributed by atoms with Crippen molar-refractivity contribution >= 4 is 24.0 Å². The molecule has 2 rings (SSSR count). The first kappa shape index (κ1) is 16.0. The van der Waals surface area contributed by atoms with Crippen LogP contribution in [0.15, 0.2) is 18.2 Å². The Bertz CT molecular complexity index is 453. The third-order valence-electron chi connectivity index (χ3n) is 3.76. The van der Waals surface area contributed by atoms with Crippen molar-refractivity contribution in [2.75, 3.05) is 11.9 Å². The summed E-state index contributed by atoms with van der Waals surface area (Å²) in [5.74, 6) is 0.0795. The molecule has 0 radical (unpaired) electrons. The lowest BCUT2D eigenvalue weighted by Crippen LogP contribution is -2.54. The van der Waals surface area contributed by atoms with Crippen LogP contribution in [0.2, 0.25) is 0 Å². The second-order valence-corrected chi connectivity index (χ2v) is 5.49. The van der Waals surface area contributed by atoms with Crippen molar-refractivity contribution in [1.29, 1.82) is 0 Å². The molecular formula is C15H23ClN2O. The number of amides is 1. The number of carbonyl (C=O) groups is 1. The van der Waals surface area contributed by atoms with Crippen LogP contribution in [0.4, 0.5) is 5.69 Å². The predicted octanol–water partition coefficient (Wildman–Crippen LogP) is 3.20. The number of hydrogen-bond acceptors (Lipinski definition) is 2. The number of aryl methyl sites for hydroxylation is 2. The summed E-state index contributed by atoms with van der Waals surface area (Å²) in [4.78, 5) is 12.4. The number of anilines is 1. The maximum atomic E-state index is 12.4. The lowest BCUT2D eigenvalue weighted by atomic mass is 9.90. The zero-order valence-electron chi connectivity index (χ0n) is 11.9. The molecule has 1 unspecified atom stereocenters. The molecule has 1 aliphatic heterocycles. The molecule has 1 aromatic rings. The Hall–Kier alpha value is -1.06. The van der Waals surface area contributed by atoms with Crippen molar-refractivity contribution in [2.45, 2.75) is 45.6 Å². The molecular weight excluding hydrogens is 260 g/mol. The molecule has 106 valence electrons. The highest BCUT2D eigenvalue weighted by molar-refractivity contribution is 5.98. The third-order valence-corrected chi connectivity index (χ3v) is 3.76. The smallest absolute Gasteiger partial charge is 0.244 e. The fraction of sp³-hybridized carbons (Fsp3) is 0.533. The van der Waals surface area contributed by atoms with E-state index in [2.05, 4.69) is 16.7 Å². The van der Waals surface area contributed by atoms with Crippen molar-refractivity contribution in [2.24, 2.45) is 0 Å². The third kappa shape index (κ3) is 3.71. The van der Waals surface area contributed by atoms with Crippen LogP contribution in [0, 0.1) is 13.8 Å². The van der Waals surface area contributed by atoms with Crippen molar-refractivity contribution in [3.8, 4) is 0 Å². The van der Waals surface area contributed by atoms with Gasteiger partial charge < -0.3 is 10.6 Å². The van der Waals surface area contributed by atoms with E-state index in [9.17, 15) is 4.79 Å². The van der Waals surface area contributed by atoms with E-state index in [1.54, 1.807) is 0 Å². The molecule has 3 nitrogen and oxygen atoms in total. The fourth-order valence-corrected chi connectivity index (χ4v) is 2.38. The second kappa shape index (κ2) is 6.40. The lowest BCUT2D eigenvalue weighted by molar-refractivity contribution is -0.122.